The Hall–Kier alpha value is -1.56. The lowest BCUT2D eigenvalue weighted by Crippen LogP contribution is -2.43. The summed E-state index contributed by atoms with van der Waals surface area (Å²) in [5, 5.41) is 3.51. The molecule has 3 rings (SSSR count). The molecular weight excluding hydrogens is 341 g/mol. The van der Waals surface area contributed by atoms with Gasteiger partial charge < -0.3 is 10.2 Å². The molecule has 26 heavy (non-hydrogen) atoms. The van der Waals surface area contributed by atoms with Gasteiger partial charge in [0.2, 0.25) is 5.91 Å². The van der Waals surface area contributed by atoms with E-state index >= 15 is 0 Å². The lowest BCUT2D eigenvalue weighted by Gasteiger charge is -2.31. The van der Waals surface area contributed by atoms with Gasteiger partial charge in [-0.2, -0.15) is 13.2 Å². The first-order valence-electron chi connectivity index (χ1n) is 9.44. The number of amides is 1. The van der Waals surface area contributed by atoms with Crippen molar-refractivity contribution in [1.29, 1.82) is 0 Å². The zero-order valence-corrected chi connectivity index (χ0v) is 15.2. The second-order valence-electron chi connectivity index (χ2n) is 7.85. The molecule has 1 aromatic rings. The van der Waals surface area contributed by atoms with Gasteiger partial charge in [-0.1, -0.05) is 29.8 Å². The van der Waals surface area contributed by atoms with E-state index in [2.05, 4.69) is 5.32 Å². The van der Waals surface area contributed by atoms with E-state index in [4.69, 9.17) is 0 Å². The van der Waals surface area contributed by atoms with Gasteiger partial charge in [0.1, 0.15) is 6.54 Å². The fourth-order valence-electron chi connectivity index (χ4n) is 4.24. The number of carbonyl (C=O) groups is 1. The predicted octanol–water partition coefficient (Wildman–Crippen LogP) is 3.85. The van der Waals surface area contributed by atoms with E-state index in [1.165, 1.54) is 0 Å². The minimum atomic E-state index is -4.36. The summed E-state index contributed by atoms with van der Waals surface area (Å²) in [5.74, 6) is -0.155. The highest BCUT2D eigenvalue weighted by Crippen LogP contribution is 2.33. The molecule has 2 aliphatic heterocycles. The van der Waals surface area contributed by atoms with Crippen LogP contribution in [0.2, 0.25) is 0 Å². The van der Waals surface area contributed by atoms with Crippen LogP contribution in [0.1, 0.15) is 43.2 Å². The first-order valence-corrected chi connectivity index (χ1v) is 9.44. The molecule has 6 heteroatoms. The molecule has 2 atom stereocenters. The summed E-state index contributed by atoms with van der Waals surface area (Å²) < 4.78 is 38.9. The Bertz CT molecular complexity index is 602. The van der Waals surface area contributed by atoms with Crippen molar-refractivity contribution in [3.05, 3.63) is 35.4 Å². The zero-order valence-electron chi connectivity index (χ0n) is 15.2. The lowest BCUT2D eigenvalue weighted by atomic mass is 9.89. The van der Waals surface area contributed by atoms with Crippen molar-refractivity contribution in [3.63, 3.8) is 0 Å². The predicted molar refractivity (Wildman–Crippen MR) is 94.8 cm³/mol. The van der Waals surface area contributed by atoms with Gasteiger partial charge in [-0.05, 0) is 50.5 Å². The lowest BCUT2D eigenvalue weighted by molar-refractivity contribution is -0.161. The molecule has 2 bridgehead atoms. The topological polar surface area (TPSA) is 32.3 Å². The number of aryl methyl sites for hydroxylation is 1. The van der Waals surface area contributed by atoms with Crippen LogP contribution in [0.25, 0.3) is 0 Å². The van der Waals surface area contributed by atoms with Gasteiger partial charge in [-0.15, -0.1) is 0 Å². The van der Waals surface area contributed by atoms with Crippen molar-refractivity contribution >= 4 is 5.91 Å². The third-order valence-corrected chi connectivity index (χ3v) is 5.55. The molecule has 144 valence electrons. The quantitative estimate of drug-likeness (QED) is 0.827. The van der Waals surface area contributed by atoms with Crippen LogP contribution in [0.3, 0.4) is 0 Å². The van der Waals surface area contributed by atoms with E-state index in [0.717, 1.165) is 41.7 Å². The Balaban J connectivity index is 1.59. The molecule has 0 radical (unpaired) electrons. The van der Waals surface area contributed by atoms with E-state index in [1.54, 1.807) is 0 Å². The van der Waals surface area contributed by atoms with Crippen LogP contribution in [0.4, 0.5) is 13.2 Å². The molecule has 2 fully saturated rings. The van der Waals surface area contributed by atoms with Crippen LogP contribution in [0.15, 0.2) is 24.3 Å². The zero-order chi connectivity index (χ0) is 18.7. The number of piperidine rings is 1. The first-order chi connectivity index (χ1) is 12.3. The van der Waals surface area contributed by atoms with E-state index in [0.29, 0.717) is 18.5 Å². The average molecular weight is 368 g/mol. The highest BCUT2D eigenvalue weighted by atomic mass is 19.4. The van der Waals surface area contributed by atoms with Gasteiger partial charge in [-0.25, -0.2) is 0 Å². The minimum Gasteiger partial charge on any atom is -0.333 e. The van der Waals surface area contributed by atoms with Gasteiger partial charge in [0, 0.05) is 25.0 Å². The van der Waals surface area contributed by atoms with E-state index < -0.39 is 12.7 Å². The summed E-state index contributed by atoms with van der Waals surface area (Å²) in [7, 11) is 0. The molecule has 0 spiro atoms. The molecule has 2 aliphatic rings. The van der Waals surface area contributed by atoms with Crippen molar-refractivity contribution < 1.29 is 18.0 Å². The molecule has 1 amide bonds. The largest absolute Gasteiger partial charge is 0.406 e. The summed E-state index contributed by atoms with van der Waals surface area (Å²) in [4.78, 5) is 13.6. The second kappa shape index (κ2) is 7.99. The van der Waals surface area contributed by atoms with Crippen molar-refractivity contribution in [1.82, 2.24) is 10.2 Å². The van der Waals surface area contributed by atoms with Crippen LogP contribution in [0, 0.1) is 12.8 Å². The molecular formula is C20H27F3N2O. The fourth-order valence-corrected chi connectivity index (χ4v) is 4.24. The number of nitrogens with zero attached hydrogens (tertiary/aromatic N) is 1. The Kier molecular flexibility index (Phi) is 5.90. The number of carbonyl (C=O) groups excluding carboxylic acids is 1. The Morgan fingerprint density at radius 1 is 1.15 bits per heavy atom. The smallest absolute Gasteiger partial charge is 0.333 e. The number of hydrogen-bond acceptors (Lipinski definition) is 2. The third kappa shape index (κ3) is 5.47. The van der Waals surface area contributed by atoms with E-state index in [1.807, 2.05) is 31.2 Å². The molecule has 1 aromatic carbocycles. The van der Waals surface area contributed by atoms with Gasteiger partial charge >= 0.3 is 6.18 Å². The monoisotopic (exact) mass is 368 g/mol. The fraction of sp³-hybridized carbons (Fsp3) is 0.650. The number of rotatable bonds is 6. The number of alkyl halides is 3. The maximum atomic E-state index is 13.0. The van der Waals surface area contributed by atoms with Crippen molar-refractivity contribution in [2.45, 2.75) is 63.7 Å². The standard InChI is InChI=1S/C20H27F3N2O/c1-14-2-4-15(5-3-14)8-9-25(13-20(21,22)23)19(26)12-16-10-17-6-7-18(11-16)24-17/h2-5,16-18,24H,6-13H2,1H3. The summed E-state index contributed by atoms with van der Waals surface area (Å²) >= 11 is 0. The summed E-state index contributed by atoms with van der Waals surface area (Å²) in [6.45, 7) is 0.921. The molecule has 0 saturated carbocycles. The third-order valence-electron chi connectivity index (χ3n) is 5.55. The van der Waals surface area contributed by atoms with Crippen LogP contribution in [-0.4, -0.2) is 42.2 Å². The number of nitrogens with one attached hydrogen (secondary N) is 1. The summed E-state index contributed by atoms with van der Waals surface area (Å²) in [5.41, 5.74) is 2.06. The maximum Gasteiger partial charge on any atom is 0.406 e. The maximum absolute atomic E-state index is 13.0. The molecule has 3 nitrogen and oxygen atoms in total. The van der Waals surface area contributed by atoms with Crippen LogP contribution in [-0.2, 0) is 11.2 Å². The normalized spacial score (nSPS) is 25.3. The summed E-state index contributed by atoms with van der Waals surface area (Å²) in [6.07, 6.45) is 0.360. The van der Waals surface area contributed by atoms with Crippen LogP contribution < -0.4 is 5.32 Å². The minimum absolute atomic E-state index is 0.110. The van der Waals surface area contributed by atoms with Crippen molar-refractivity contribution in [2.24, 2.45) is 5.92 Å². The van der Waals surface area contributed by atoms with Crippen molar-refractivity contribution in [3.8, 4) is 0 Å². The Morgan fingerprint density at radius 2 is 1.77 bits per heavy atom. The molecule has 2 unspecified atom stereocenters. The number of hydrogen-bond donors (Lipinski definition) is 1. The number of benzene rings is 1. The van der Waals surface area contributed by atoms with E-state index in [9.17, 15) is 18.0 Å². The van der Waals surface area contributed by atoms with Gasteiger partial charge in [0.25, 0.3) is 0 Å². The highest BCUT2D eigenvalue weighted by molar-refractivity contribution is 5.76. The second-order valence-corrected chi connectivity index (χ2v) is 7.85. The number of halogens is 3. The highest BCUT2D eigenvalue weighted by Gasteiger charge is 2.37. The molecule has 2 saturated heterocycles. The molecule has 0 aliphatic carbocycles. The molecule has 2 heterocycles. The number of fused-ring (bicyclic) bond motifs is 2. The van der Waals surface area contributed by atoms with E-state index in [-0.39, 0.29) is 24.8 Å². The first kappa shape index (κ1) is 19.2. The van der Waals surface area contributed by atoms with Crippen molar-refractivity contribution in [2.75, 3.05) is 13.1 Å². The average Bonchev–Trinajstić information content (AvgIpc) is 2.90. The summed E-state index contributed by atoms with van der Waals surface area (Å²) in [6, 6.07) is 8.59. The Labute approximate surface area is 152 Å². The van der Waals surface area contributed by atoms with Gasteiger partial charge in [0.05, 0.1) is 0 Å². The molecule has 0 aromatic heterocycles. The van der Waals surface area contributed by atoms with Gasteiger partial charge in [0.15, 0.2) is 0 Å². The van der Waals surface area contributed by atoms with Crippen LogP contribution >= 0.6 is 0 Å². The Morgan fingerprint density at radius 3 is 2.35 bits per heavy atom. The SMILES string of the molecule is Cc1ccc(CCN(CC(F)(F)F)C(=O)CC2CC3CCC(C2)N3)cc1. The van der Waals surface area contributed by atoms with Gasteiger partial charge in [-0.3, -0.25) is 4.79 Å². The van der Waals surface area contributed by atoms with Crippen LogP contribution in [0.5, 0.6) is 0 Å². The molecule has 1 N–H and O–H groups in total.